The molecule has 1 unspecified atom stereocenters. The van der Waals surface area contributed by atoms with Gasteiger partial charge >= 0.3 is 6.18 Å². The molecule has 0 radical (unpaired) electrons. The molecule has 96 valence electrons. The van der Waals surface area contributed by atoms with Crippen molar-refractivity contribution in [3.05, 3.63) is 0 Å². The van der Waals surface area contributed by atoms with Crippen molar-refractivity contribution >= 4 is 11.6 Å². The van der Waals surface area contributed by atoms with Gasteiger partial charge < -0.3 is 4.90 Å². The first kappa shape index (κ1) is 14.1. The third-order valence-electron chi connectivity index (χ3n) is 2.70. The molecular weight excluding hydrogens is 241 g/mol. The summed E-state index contributed by atoms with van der Waals surface area (Å²) in [5.41, 5.74) is 0. The first-order valence-corrected chi connectivity index (χ1v) is 6.01. The molecule has 1 saturated heterocycles. The highest BCUT2D eigenvalue weighted by Crippen LogP contribution is 2.17. The minimum Gasteiger partial charge on any atom is -0.300 e. The van der Waals surface area contributed by atoms with Gasteiger partial charge in [0, 0.05) is 38.6 Å². The maximum absolute atomic E-state index is 12.1. The molecule has 0 aromatic heterocycles. The van der Waals surface area contributed by atoms with E-state index in [0.29, 0.717) is 38.0 Å². The molecule has 0 spiro atoms. The Kier molecular flexibility index (Phi) is 5.34. The summed E-state index contributed by atoms with van der Waals surface area (Å²) in [7, 11) is 0. The van der Waals surface area contributed by atoms with Gasteiger partial charge in [-0.15, -0.1) is 11.6 Å². The standard InChI is InChI=1S/C10H18ClF3N2/c1-9(6-11)7-15-2-4-16(5-3-15)8-10(12,13)14/h9H,2-8H2,1H3. The van der Waals surface area contributed by atoms with Crippen molar-refractivity contribution in [1.82, 2.24) is 9.80 Å². The van der Waals surface area contributed by atoms with Crippen LogP contribution in [0.25, 0.3) is 0 Å². The van der Waals surface area contributed by atoms with Gasteiger partial charge in [-0.3, -0.25) is 4.90 Å². The van der Waals surface area contributed by atoms with Crippen molar-refractivity contribution in [2.45, 2.75) is 13.1 Å². The van der Waals surface area contributed by atoms with E-state index in [2.05, 4.69) is 11.8 Å². The van der Waals surface area contributed by atoms with E-state index in [4.69, 9.17) is 11.6 Å². The summed E-state index contributed by atoms with van der Waals surface area (Å²) < 4.78 is 36.4. The Labute approximate surface area is 99.3 Å². The van der Waals surface area contributed by atoms with Crippen LogP contribution in [0.1, 0.15) is 6.92 Å². The lowest BCUT2D eigenvalue weighted by atomic mass is 10.2. The van der Waals surface area contributed by atoms with E-state index in [0.717, 1.165) is 6.54 Å². The molecule has 0 N–H and O–H groups in total. The molecule has 1 fully saturated rings. The molecule has 6 heteroatoms. The first-order chi connectivity index (χ1) is 7.40. The second-order valence-electron chi connectivity index (χ2n) is 4.45. The zero-order valence-corrected chi connectivity index (χ0v) is 10.2. The largest absolute Gasteiger partial charge is 0.401 e. The first-order valence-electron chi connectivity index (χ1n) is 5.48. The lowest BCUT2D eigenvalue weighted by Crippen LogP contribution is -2.50. The van der Waals surface area contributed by atoms with Crippen LogP contribution in [0.15, 0.2) is 0 Å². The van der Waals surface area contributed by atoms with Crippen LogP contribution in [-0.2, 0) is 0 Å². The van der Waals surface area contributed by atoms with Crippen LogP contribution in [0.2, 0.25) is 0 Å². The molecule has 0 amide bonds. The Bertz CT molecular complexity index is 203. The molecule has 2 nitrogen and oxygen atoms in total. The number of rotatable bonds is 4. The van der Waals surface area contributed by atoms with Crippen molar-refractivity contribution in [1.29, 1.82) is 0 Å². The van der Waals surface area contributed by atoms with Crippen molar-refractivity contribution in [2.24, 2.45) is 5.92 Å². The summed E-state index contributed by atoms with van der Waals surface area (Å²) in [4.78, 5) is 3.64. The zero-order valence-electron chi connectivity index (χ0n) is 9.43. The molecule has 0 aliphatic carbocycles. The fourth-order valence-corrected chi connectivity index (χ4v) is 1.97. The van der Waals surface area contributed by atoms with Crippen molar-refractivity contribution < 1.29 is 13.2 Å². The van der Waals surface area contributed by atoms with Crippen LogP contribution >= 0.6 is 11.6 Å². The summed E-state index contributed by atoms with van der Waals surface area (Å²) in [5.74, 6) is 0.999. The highest BCUT2D eigenvalue weighted by Gasteiger charge is 2.32. The second-order valence-corrected chi connectivity index (χ2v) is 4.76. The Morgan fingerprint density at radius 3 is 2.06 bits per heavy atom. The zero-order chi connectivity index (χ0) is 12.2. The van der Waals surface area contributed by atoms with Crippen molar-refractivity contribution in [3.63, 3.8) is 0 Å². The van der Waals surface area contributed by atoms with Crippen LogP contribution < -0.4 is 0 Å². The maximum atomic E-state index is 12.1. The summed E-state index contributed by atoms with van der Waals surface area (Å²) in [5, 5.41) is 0. The Balaban J connectivity index is 2.23. The highest BCUT2D eigenvalue weighted by atomic mass is 35.5. The van der Waals surface area contributed by atoms with E-state index in [-0.39, 0.29) is 0 Å². The lowest BCUT2D eigenvalue weighted by molar-refractivity contribution is -0.149. The lowest BCUT2D eigenvalue weighted by Gasteiger charge is -2.35. The van der Waals surface area contributed by atoms with E-state index in [1.54, 1.807) is 0 Å². The Morgan fingerprint density at radius 1 is 1.12 bits per heavy atom. The summed E-state index contributed by atoms with van der Waals surface area (Å²) >= 11 is 5.70. The molecular formula is C10H18ClF3N2. The van der Waals surface area contributed by atoms with Gasteiger partial charge in [0.05, 0.1) is 6.54 Å². The maximum Gasteiger partial charge on any atom is 0.401 e. The minimum atomic E-state index is -4.08. The molecule has 0 bridgehead atoms. The van der Waals surface area contributed by atoms with Gasteiger partial charge in [-0.1, -0.05) is 6.92 Å². The number of hydrogen-bond acceptors (Lipinski definition) is 2. The second kappa shape index (κ2) is 6.07. The summed E-state index contributed by atoms with van der Waals surface area (Å²) in [6.07, 6.45) is -4.08. The molecule has 1 heterocycles. The van der Waals surface area contributed by atoms with Crippen LogP contribution in [0, 0.1) is 5.92 Å². The van der Waals surface area contributed by atoms with E-state index in [9.17, 15) is 13.2 Å². The average Bonchev–Trinajstić information content (AvgIpc) is 2.18. The number of piperazine rings is 1. The molecule has 0 saturated carbocycles. The number of halogens is 4. The van der Waals surface area contributed by atoms with E-state index in [1.807, 2.05) is 0 Å². The van der Waals surface area contributed by atoms with Gasteiger partial charge in [0.1, 0.15) is 0 Å². The fourth-order valence-electron chi connectivity index (χ4n) is 1.87. The average molecular weight is 259 g/mol. The van der Waals surface area contributed by atoms with Gasteiger partial charge in [-0.25, -0.2) is 0 Å². The fraction of sp³-hybridized carbons (Fsp3) is 1.00. The van der Waals surface area contributed by atoms with Crippen LogP contribution in [0.5, 0.6) is 0 Å². The smallest absolute Gasteiger partial charge is 0.300 e. The number of nitrogens with zero attached hydrogens (tertiary/aromatic N) is 2. The SMILES string of the molecule is CC(CCl)CN1CCN(CC(F)(F)F)CC1. The molecule has 1 aliphatic rings. The molecule has 16 heavy (non-hydrogen) atoms. The van der Waals surface area contributed by atoms with Crippen molar-refractivity contribution in [2.75, 3.05) is 45.1 Å². The van der Waals surface area contributed by atoms with E-state index >= 15 is 0 Å². The summed E-state index contributed by atoms with van der Waals surface area (Å²) in [6, 6.07) is 0. The predicted octanol–water partition coefficient (Wildman–Crippen LogP) is 2.04. The van der Waals surface area contributed by atoms with Crippen LogP contribution in [-0.4, -0.2) is 61.1 Å². The quantitative estimate of drug-likeness (QED) is 0.712. The normalized spacial score (nSPS) is 22.3. The summed E-state index contributed by atoms with van der Waals surface area (Å²) in [6.45, 7) is 4.54. The highest BCUT2D eigenvalue weighted by molar-refractivity contribution is 6.18. The van der Waals surface area contributed by atoms with Gasteiger partial charge in [0.15, 0.2) is 0 Å². The number of hydrogen-bond donors (Lipinski definition) is 0. The van der Waals surface area contributed by atoms with Gasteiger partial charge in [0.25, 0.3) is 0 Å². The van der Waals surface area contributed by atoms with Crippen LogP contribution in [0.3, 0.4) is 0 Å². The molecule has 1 aliphatic heterocycles. The Hall–Kier alpha value is -0.0000000000000000555. The van der Waals surface area contributed by atoms with E-state index in [1.165, 1.54) is 4.90 Å². The molecule has 0 aromatic carbocycles. The minimum absolute atomic E-state index is 0.399. The topological polar surface area (TPSA) is 6.48 Å². The van der Waals surface area contributed by atoms with Gasteiger partial charge in [-0.05, 0) is 5.92 Å². The van der Waals surface area contributed by atoms with E-state index < -0.39 is 12.7 Å². The monoisotopic (exact) mass is 258 g/mol. The third-order valence-corrected chi connectivity index (χ3v) is 3.23. The predicted molar refractivity (Wildman–Crippen MR) is 58.8 cm³/mol. The molecule has 1 atom stereocenters. The van der Waals surface area contributed by atoms with Gasteiger partial charge in [-0.2, -0.15) is 13.2 Å². The molecule has 0 aromatic rings. The van der Waals surface area contributed by atoms with Crippen LogP contribution in [0.4, 0.5) is 13.2 Å². The van der Waals surface area contributed by atoms with Gasteiger partial charge in [0.2, 0.25) is 0 Å². The van der Waals surface area contributed by atoms with Crippen molar-refractivity contribution in [3.8, 4) is 0 Å². The Morgan fingerprint density at radius 2 is 1.62 bits per heavy atom. The third kappa shape index (κ3) is 5.37. The molecule has 1 rings (SSSR count). The number of alkyl halides is 4.